The van der Waals surface area contributed by atoms with Crippen LogP contribution in [0, 0.1) is 11.3 Å². The predicted molar refractivity (Wildman–Crippen MR) is 107 cm³/mol. The number of aromatic amines is 1. The van der Waals surface area contributed by atoms with Gasteiger partial charge in [0.1, 0.15) is 17.7 Å². The molecule has 128 valence electrons. The minimum absolute atomic E-state index is 0.413. The number of hydrogen-bond acceptors (Lipinski definition) is 5. The number of thiazole rings is 1. The predicted octanol–water partition coefficient (Wildman–Crippen LogP) is 5.50. The lowest BCUT2D eigenvalue weighted by Crippen LogP contribution is -1.84. The van der Waals surface area contributed by atoms with E-state index in [2.05, 4.69) is 21.0 Å². The number of benzene rings is 2. The van der Waals surface area contributed by atoms with E-state index in [-0.39, 0.29) is 0 Å². The molecule has 0 atom stereocenters. The topological polar surface area (TPSA) is 78.5 Å². The van der Waals surface area contributed by atoms with Gasteiger partial charge in [-0.15, -0.1) is 11.3 Å². The minimum Gasteiger partial charge on any atom is -0.454 e. The number of imidazole rings is 1. The van der Waals surface area contributed by atoms with Crippen LogP contribution in [0.2, 0.25) is 0 Å². The molecule has 3 heterocycles. The van der Waals surface area contributed by atoms with Crippen molar-refractivity contribution in [3.63, 3.8) is 0 Å². The van der Waals surface area contributed by atoms with Crippen LogP contribution < -0.4 is 0 Å². The molecule has 0 spiro atoms. The molecule has 0 amide bonds. The van der Waals surface area contributed by atoms with Crippen LogP contribution >= 0.6 is 11.3 Å². The summed E-state index contributed by atoms with van der Waals surface area (Å²) in [6.07, 6.45) is 1.69. The zero-order chi connectivity index (χ0) is 18.2. The first-order chi connectivity index (χ1) is 13.3. The highest BCUT2D eigenvalue weighted by Gasteiger charge is 2.12. The van der Waals surface area contributed by atoms with Gasteiger partial charge in [0.05, 0.1) is 26.8 Å². The molecule has 6 heteroatoms. The molecule has 0 saturated heterocycles. The van der Waals surface area contributed by atoms with E-state index in [4.69, 9.17) is 4.42 Å². The molecule has 0 saturated carbocycles. The number of nitriles is 1. The molecular formula is C21H12N4OS. The van der Waals surface area contributed by atoms with Crippen LogP contribution in [0.1, 0.15) is 11.6 Å². The van der Waals surface area contributed by atoms with Crippen molar-refractivity contribution < 1.29 is 4.42 Å². The Morgan fingerprint density at radius 2 is 1.81 bits per heavy atom. The SMILES string of the molecule is N#C/C(=C\c1ccc(-c2nc3ccccc3s2)o1)c1nc2ccccc2[nH]1. The molecule has 0 bridgehead atoms. The molecule has 3 aromatic heterocycles. The Morgan fingerprint density at radius 3 is 2.63 bits per heavy atom. The van der Waals surface area contributed by atoms with Crippen LogP contribution in [0.4, 0.5) is 0 Å². The second-order valence-corrected chi connectivity index (χ2v) is 6.99. The molecule has 1 N–H and O–H groups in total. The number of H-pyrrole nitrogens is 1. The third-order valence-electron chi connectivity index (χ3n) is 4.18. The highest BCUT2D eigenvalue weighted by atomic mass is 32.1. The maximum Gasteiger partial charge on any atom is 0.163 e. The normalized spacial score (nSPS) is 11.9. The van der Waals surface area contributed by atoms with Crippen molar-refractivity contribution in [2.75, 3.05) is 0 Å². The smallest absolute Gasteiger partial charge is 0.163 e. The lowest BCUT2D eigenvalue weighted by Gasteiger charge is -1.92. The third-order valence-corrected chi connectivity index (χ3v) is 5.23. The van der Waals surface area contributed by atoms with Crippen LogP contribution in [-0.2, 0) is 0 Å². The summed E-state index contributed by atoms with van der Waals surface area (Å²) in [6.45, 7) is 0. The fraction of sp³-hybridized carbons (Fsp3) is 0. The van der Waals surface area contributed by atoms with E-state index in [1.807, 2.05) is 60.7 Å². The maximum atomic E-state index is 9.55. The Kier molecular flexibility index (Phi) is 3.59. The zero-order valence-electron chi connectivity index (χ0n) is 14.0. The van der Waals surface area contributed by atoms with Crippen molar-refractivity contribution in [1.29, 1.82) is 5.26 Å². The second-order valence-electron chi connectivity index (χ2n) is 5.96. The standard InChI is InChI=1S/C21H12N4OS/c22-12-13(20-23-15-5-1-2-6-16(15)24-20)11-14-9-10-18(26-14)21-25-17-7-3-4-8-19(17)27-21/h1-11H,(H,23,24)/b13-11+. The van der Waals surface area contributed by atoms with Gasteiger partial charge >= 0.3 is 0 Å². The summed E-state index contributed by atoms with van der Waals surface area (Å²) in [5, 5.41) is 10.4. The molecule has 0 radical (unpaired) electrons. The fourth-order valence-electron chi connectivity index (χ4n) is 2.90. The molecular weight excluding hydrogens is 356 g/mol. The van der Waals surface area contributed by atoms with Gasteiger partial charge in [0.15, 0.2) is 10.8 Å². The number of allylic oxidation sites excluding steroid dienone is 1. The summed E-state index contributed by atoms with van der Waals surface area (Å²) in [7, 11) is 0. The Hall–Kier alpha value is -3.69. The van der Waals surface area contributed by atoms with Crippen LogP contribution in [-0.4, -0.2) is 15.0 Å². The van der Waals surface area contributed by atoms with Crippen molar-refractivity contribution in [3.05, 3.63) is 72.2 Å². The van der Waals surface area contributed by atoms with Gasteiger partial charge in [-0.3, -0.25) is 0 Å². The van der Waals surface area contributed by atoms with Crippen LogP contribution in [0.25, 0.3) is 43.7 Å². The van der Waals surface area contributed by atoms with E-state index in [0.717, 1.165) is 26.3 Å². The van der Waals surface area contributed by atoms with E-state index in [1.165, 1.54) is 0 Å². The van der Waals surface area contributed by atoms with Gasteiger partial charge in [-0.25, -0.2) is 9.97 Å². The Labute approximate surface area is 158 Å². The Morgan fingerprint density at radius 1 is 1.00 bits per heavy atom. The van der Waals surface area contributed by atoms with E-state index in [1.54, 1.807) is 17.4 Å². The van der Waals surface area contributed by atoms with Gasteiger partial charge in [-0.2, -0.15) is 5.26 Å². The summed E-state index contributed by atoms with van der Waals surface area (Å²) < 4.78 is 7.02. The second kappa shape index (κ2) is 6.24. The first-order valence-electron chi connectivity index (χ1n) is 8.33. The minimum atomic E-state index is 0.413. The largest absolute Gasteiger partial charge is 0.454 e. The highest BCUT2D eigenvalue weighted by molar-refractivity contribution is 7.21. The number of nitrogens with one attached hydrogen (secondary N) is 1. The first kappa shape index (κ1) is 15.6. The average molecular weight is 368 g/mol. The van der Waals surface area contributed by atoms with Gasteiger partial charge < -0.3 is 9.40 Å². The fourth-order valence-corrected chi connectivity index (χ4v) is 3.83. The van der Waals surface area contributed by atoms with Crippen molar-refractivity contribution in [2.24, 2.45) is 0 Å². The van der Waals surface area contributed by atoms with Gasteiger partial charge in [0, 0.05) is 6.08 Å². The maximum absolute atomic E-state index is 9.55. The monoisotopic (exact) mass is 368 g/mol. The van der Waals surface area contributed by atoms with Gasteiger partial charge in [-0.1, -0.05) is 24.3 Å². The van der Waals surface area contributed by atoms with E-state index in [0.29, 0.717) is 22.9 Å². The number of furan rings is 1. The summed E-state index contributed by atoms with van der Waals surface area (Å²) in [5.74, 6) is 1.79. The summed E-state index contributed by atoms with van der Waals surface area (Å²) in [6, 6.07) is 21.6. The lowest BCUT2D eigenvalue weighted by molar-refractivity contribution is 0.571. The summed E-state index contributed by atoms with van der Waals surface area (Å²) >= 11 is 1.58. The van der Waals surface area contributed by atoms with E-state index < -0.39 is 0 Å². The summed E-state index contributed by atoms with van der Waals surface area (Å²) in [5.41, 5.74) is 3.08. The number of rotatable bonds is 3. The van der Waals surface area contributed by atoms with Crippen molar-refractivity contribution in [1.82, 2.24) is 15.0 Å². The van der Waals surface area contributed by atoms with Gasteiger partial charge in [0.25, 0.3) is 0 Å². The quantitative estimate of drug-likeness (QED) is 0.427. The number of nitrogens with zero attached hydrogens (tertiary/aromatic N) is 3. The van der Waals surface area contributed by atoms with Crippen molar-refractivity contribution >= 4 is 44.2 Å². The number of para-hydroxylation sites is 3. The molecule has 27 heavy (non-hydrogen) atoms. The van der Waals surface area contributed by atoms with Crippen LogP contribution in [0.5, 0.6) is 0 Å². The van der Waals surface area contributed by atoms with E-state index >= 15 is 0 Å². The first-order valence-corrected chi connectivity index (χ1v) is 9.14. The number of aromatic nitrogens is 3. The highest BCUT2D eigenvalue weighted by Crippen LogP contribution is 2.32. The van der Waals surface area contributed by atoms with Crippen molar-refractivity contribution in [2.45, 2.75) is 0 Å². The number of hydrogen-bond donors (Lipinski definition) is 1. The molecule has 0 aliphatic heterocycles. The number of fused-ring (bicyclic) bond motifs is 2. The molecule has 0 aliphatic rings. The van der Waals surface area contributed by atoms with Gasteiger partial charge in [-0.05, 0) is 36.4 Å². The van der Waals surface area contributed by atoms with E-state index in [9.17, 15) is 5.26 Å². The molecule has 0 fully saturated rings. The van der Waals surface area contributed by atoms with Crippen LogP contribution in [0.15, 0.2) is 65.1 Å². The zero-order valence-corrected chi connectivity index (χ0v) is 14.8. The molecule has 2 aromatic carbocycles. The summed E-state index contributed by atoms with van der Waals surface area (Å²) in [4.78, 5) is 12.2. The molecule has 5 aromatic rings. The molecule has 0 aliphatic carbocycles. The van der Waals surface area contributed by atoms with Gasteiger partial charge in [0.2, 0.25) is 0 Å². The molecule has 5 rings (SSSR count). The molecule has 0 unspecified atom stereocenters. The molecule has 5 nitrogen and oxygen atoms in total. The Bertz CT molecular complexity index is 1280. The average Bonchev–Trinajstić information content (AvgIpc) is 3.42. The Balaban J connectivity index is 1.51. The van der Waals surface area contributed by atoms with Crippen molar-refractivity contribution in [3.8, 4) is 16.8 Å². The lowest BCUT2D eigenvalue weighted by atomic mass is 10.2. The van der Waals surface area contributed by atoms with Crippen LogP contribution in [0.3, 0.4) is 0 Å². The third kappa shape index (κ3) is 2.80.